The van der Waals surface area contributed by atoms with Crippen molar-refractivity contribution in [2.24, 2.45) is 4.99 Å². The Morgan fingerprint density at radius 1 is 1.04 bits per heavy atom. The van der Waals surface area contributed by atoms with Crippen LogP contribution in [0.5, 0.6) is 5.75 Å². The van der Waals surface area contributed by atoms with Gasteiger partial charge in [0.15, 0.2) is 0 Å². The van der Waals surface area contributed by atoms with Crippen molar-refractivity contribution in [2.45, 2.75) is 0 Å². The summed E-state index contributed by atoms with van der Waals surface area (Å²) in [6.45, 7) is 7.58. The molecule has 2 rings (SSSR count). The lowest BCUT2D eigenvalue weighted by atomic mass is 10.2. The molecule has 1 aromatic rings. The number of thiocarbonyl (C=S) groups is 1. The van der Waals surface area contributed by atoms with Crippen LogP contribution in [0.1, 0.15) is 0 Å². The number of anilines is 1. The van der Waals surface area contributed by atoms with Gasteiger partial charge in [0.05, 0.1) is 23.6 Å². The third kappa shape index (κ3) is 5.89. The van der Waals surface area contributed by atoms with E-state index in [4.69, 9.17) is 17.0 Å². The third-order valence-corrected chi connectivity index (χ3v) is 3.84. The van der Waals surface area contributed by atoms with Gasteiger partial charge >= 0.3 is 0 Å². The summed E-state index contributed by atoms with van der Waals surface area (Å²) in [6, 6.07) is 5.83. The van der Waals surface area contributed by atoms with E-state index in [-0.39, 0.29) is 0 Å². The first-order valence-corrected chi connectivity index (χ1v) is 8.39. The highest BCUT2D eigenvalue weighted by Gasteiger charge is 2.13. The van der Waals surface area contributed by atoms with E-state index in [0.717, 1.165) is 69.5 Å². The lowest BCUT2D eigenvalue weighted by molar-refractivity contribution is 0.414. The second-order valence-electron chi connectivity index (χ2n) is 5.30. The van der Waals surface area contributed by atoms with Crippen molar-refractivity contribution >= 4 is 28.8 Å². The van der Waals surface area contributed by atoms with Gasteiger partial charge in [-0.15, -0.1) is 0 Å². The lowest BCUT2D eigenvalue weighted by Crippen LogP contribution is -2.41. The monoisotopic (exact) mass is 335 g/mol. The minimum Gasteiger partial charge on any atom is -0.495 e. The first-order valence-electron chi connectivity index (χ1n) is 7.98. The van der Waals surface area contributed by atoms with Crippen molar-refractivity contribution in [3.8, 4) is 5.75 Å². The smallest absolute Gasteiger partial charge is 0.142 e. The molecule has 6 nitrogen and oxygen atoms in total. The Morgan fingerprint density at radius 2 is 1.65 bits per heavy atom. The molecular weight excluding hydrogens is 310 g/mol. The number of aliphatic imine (C=N–C) groups is 1. The zero-order chi connectivity index (χ0) is 16.3. The Labute approximate surface area is 143 Å². The van der Waals surface area contributed by atoms with E-state index in [1.54, 1.807) is 7.11 Å². The fourth-order valence-electron chi connectivity index (χ4n) is 2.56. The van der Waals surface area contributed by atoms with Crippen LogP contribution in [-0.4, -0.2) is 64.6 Å². The molecule has 0 bridgehead atoms. The molecule has 0 aromatic heterocycles. The summed E-state index contributed by atoms with van der Waals surface area (Å²) < 4.78 is 5.52. The van der Waals surface area contributed by atoms with E-state index in [1.165, 1.54) is 0 Å². The highest BCUT2D eigenvalue weighted by Crippen LogP contribution is 2.32. The van der Waals surface area contributed by atoms with E-state index in [2.05, 4.69) is 31.0 Å². The quantitative estimate of drug-likeness (QED) is 0.566. The van der Waals surface area contributed by atoms with Crippen LogP contribution >= 0.6 is 12.2 Å². The molecule has 1 fully saturated rings. The van der Waals surface area contributed by atoms with Crippen LogP contribution in [0.4, 0.5) is 11.4 Å². The van der Waals surface area contributed by atoms with Crippen molar-refractivity contribution < 1.29 is 4.74 Å². The van der Waals surface area contributed by atoms with E-state index >= 15 is 0 Å². The number of benzene rings is 1. The van der Waals surface area contributed by atoms with Crippen LogP contribution in [0, 0.1) is 0 Å². The first-order chi connectivity index (χ1) is 11.3. The van der Waals surface area contributed by atoms with Crippen molar-refractivity contribution in [1.82, 2.24) is 16.0 Å². The zero-order valence-corrected chi connectivity index (χ0v) is 14.4. The van der Waals surface area contributed by atoms with Crippen molar-refractivity contribution in [2.75, 3.05) is 64.4 Å². The summed E-state index contributed by atoms with van der Waals surface area (Å²) >= 11 is 4.71. The van der Waals surface area contributed by atoms with Crippen molar-refractivity contribution in [1.29, 1.82) is 0 Å². The molecule has 1 aromatic carbocycles. The average Bonchev–Trinajstić information content (AvgIpc) is 2.56. The molecule has 23 heavy (non-hydrogen) atoms. The molecule has 0 atom stereocenters. The van der Waals surface area contributed by atoms with Gasteiger partial charge in [0.25, 0.3) is 0 Å². The second-order valence-corrected chi connectivity index (χ2v) is 5.48. The predicted molar refractivity (Wildman–Crippen MR) is 98.5 cm³/mol. The van der Waals surface area contributed by atoms with Crippen LogP contribution in [-0.2, 0) is 0 Å². The molecule has 3 N–H and O–H groups in total. The van der Waals surface area contributed by atoms with Crippen LogP contribution < -0.4 is 25.6 Å². The number of methoxy groups -OCH3 is 1. The molecule has 0 radical (unpaired) electrons. The van der Waals surface area contributed by atoms with Crippen LogP contribution in [0.15, 0.2) is 23.2 Å². The van der Waals surface area contributed by atoms with Crippen molar-refractivity contribution in [3.63, 3.8) is 0 Å². The lowest BCUT2D eigenvalue weighted by Gasteiger charge is -2.27. The maximum Gasteiger partial charge on any atom is 0.142 e. The topological polar surface area (TPSA) is 60.9 Å². The summed E-state index contributed by atoms with van der Waals surface area (Å²) in [5.74, 6) is 0.849. The standard InChI is InChI=1S/C16H25N5OS/c1-22-16-3-2-14(20-13-23)12-15(16)21-10-8-18-6-4-17-5-7-19-9-11-21/h2-3,12,17-19H,4-11H2,1H3. The molecule has 7 heteroatoms. The van der Waals surface area contributed by atoms with Gasteiger partial charge in [0, 0.05) is 52.4 Å². The van der Waals surface area contributed by atoms with E-state index in [1.807, 2.05) is 18.2 Å². The Balaban J connectivity index is 2.16. The van der Waals surface area contributed by atoms with Gasteiger partial charge < -0.3 is 25.6 Å². The molecule has 1 aliphatic rings. The Hall–Kier alpha value is -1.50. The summed E-state index contributed by atoms with van der Waals surface area (Å²) in [5.41, 5.74) is 1.84. The van der Waals surface area contributed by atoms with Gasteiger partial charge in [-0.05, 0) is 30.4 Å². The number of hydrogen-bond donors (Lipinski definition) is 3. The van der Waals surface area contributed by atoms with Crippen molar-refractivity contribution in [3.05, 3.63) is 18.2 Å². The normalized spacial score (nSPS) is 17.5. The number of nitrogens with zero attached hydrogens (tertiary/aromatic N) is 2. The second kappa shape index (κ2) is 10.3. The highest BCUT2D eigenvalue weighted by molar-refractivity contribution is 7.78. The van der Waals surface area contributed by atoms with Crippen LogP contribution in [0.2, 0.25) is 0 Å². The Kier molecular flexibility index (Phi) is 8.00. The molecule has 0 spiro atoms. The maximum absolute atomic E-state index is 5.52. The van der Waals surface area contributed by atoms with Gasteiger partial charge in [-0.25, -0.2) is 0 Å². The highest BCUT2D eigenvalue weighted by atomic mass is 32.1. The van der Waals surface area contributed by atoms with Gasteiger partial charge in [0.2, 0.25) is 0 Å². The molecule has 1 heterocycles. The predicted octanol–water partition coefficient (Wildman–Crippen LogP) is 1.02. The van der Waals surface area contributed by atoms with E-state index in [9.17, 15) is 0 Å². The number of ether oxygens (including phenoxy) is 1. The number of rotatable bonds is 3. The van der Waals surface area contributed by atoms with E-state index in [0.29, 0.717) is 0 Å². The summed E-state index contributed by atoms with van der Waals surface area (Å²) in [6.07, 6.45) is 0. The van der Waals surface area contributed by atoms with Crippen LogP contribution in [0.3, 0.4) is 0 Å². The molecule has 0 aliphatic carbocycles. The minimum absolute atomic E-state index is 0.798. The maximum atomic E-state index is 5.52. The van der Waals surface area contributed by atoms with Gasteiger partial charge in [-0.1, -0.05) is 0 Å². The summed E-state index contributed by atoms with van der Waals surface area (Å²) in [5, 5.41) is 12.7. The first kappa shape index (κ1) is 17.8. The molecule has 1 aliphatic heterocycles. The fraction of sp³-hybridized carbons (Fsp3) is 0.562. The molecule has 0 saturated carbocycles. The molecule has 0 amide bonds. The number of isothiocyanates is 1. The fourth-order valence-corrected chi connectivity index (χ4v) is 2.66. The number of hydrogen-bond acceptors (Lipinski definition) is 7. The summed E-state index contributed by atoms with van der Waals surface area (Å²) in [7, 11) is 1.69. The summed E-state index contributed by atoms with van der Waals surface area (Å²) in [4.78, 5) is 6.40. The third-order valence-electron chi connectivity index (χ3n) is 3.75. The minimum atomic E-state index is 0.798. The Morgan fingerprint density at radius 3 is 2.22 bits per heavy atom. The molecular formula is C16H25N5OS. The van der Waals surface area contributed by atoms with E-state index < -0.39 is 0 Å². The zero-order valence-electron chi connectivity index (χ0n) is 13.6. The number of nitrogens with one attached hydrogen (secondary N) is 3. The molecule has 0 unspecified atom stereocenters. The van der Waals surface area contributed by atoms with Gasteiger partial charge in [0.1, 0.15) is 5.75 Å². The molecule has 1 saturated heterocycles. The largest absolute Gasteiger partial charge is 0.495 e. The van der Waals surface area contributed by atoms with Gasteiger partial charge in [-0.2, -0.15) is 4.99 Å². The van der Waals surface area contributed by atoms with Gasteiger partial charge in [-0.3, -0.25) is 0 Å². The Bertz CT molecular complexity index is 521. The van der Waals surface area contributed by atoms with Crippen LogP contribution in [0.25, 0.3) is 0 Å². The molecule has 126 valence electrons. The average molecular weight is 335 g/mol. The SMILES string of the molecule is COc1ccc(N=C=S)cc1N1CCNCCNCCNCC1.